The standard InChI is InChI=1S/C7H12I2/c1-2-3-4-5-7(9)6-8/h2,7H,1,3-6H2. The average Bonchev–Trinajstić information content (AvgIpc) is 1.89. The molecule has 0 aliphatic carbocycles. The average molecular weight is 350 g/mol. The Kier molecular flexibility index (Phi) is 8.28. The van der Waals surface area contributed by atoms with Crippen LogP contribution in [0.4, 0.5) is 0 Å². The molecule has 0 radical (unpaired) electrons. The Morgan fingerprint density at radius 3 is 2.67 bits per heavy atom. The largest absolute Gasteiger partial charge is 0.103 e. The molecule has 0 rings (SSSR count). The number of halogens is 2. The fourth-order valence-corrected chi connectivity index (χ4v) is 1.44. The number of hydrogen-bond acceptors (Lipinski definition) is 0. The zero-order valence-electron chi connectivity index (χ0n) is 5.45. The molecular formula is C7H12I2. The van der Waals surface area contributed by atoms with Crippen molar-refractivity contribution in [2.75, 3.05) is 4.43 Å². The Balaban J connectivity index is 2.96. The lowest BCUT2D eigenvalue weighted by atomic mass is 10.2. The lowest BCUT2D eigenvalue weighted by Gasteiger charge is -2.01. The maximum atomic E-state index is 3.68. The smallest absolute Gasteiger partial charge is 0.0199 e. The van der Waals surface area contributed by atoms with Crippen LogP contribution in [0.2, 0.25) is 0 Å². The van der Waals surface area contributed by atoms with E-state index in [9.17, 15) is 0 Å². The maximum absolute atomic E-state index is 3.68. The summed E-state index contributed by atoms with van der Waals surface area (Å²) in [5, 5.41) is 0. The maximum Gasteiger partial charge on any atom is 0.0199 e. The first-order valence-corrected chi connectivity index (χ1v) is 5.89. The van der Waals surface area contributed by atoms with Gasteiger partial charge in [0, 0.05) is 8.35 Å². The Hall–Kier alpha value is 1.20. The molecule has 0 aromatic rings. The molecular weight excluding hydrogens is 338 g/mol. The highest BCUT2D eigenvalue weighted by molar-refractivity contribution is 14.1. The molecule has 0 spiro atoms. The van der Waals surface area contributed by atoms with Gasteiger partial charge in [-0.2, -0.15) is 0 Å². The van der Waals surface area contributed by atoms with Gasteiger partial charge in [0.2, 0.25) is 0 Å². The summed E-state index contributed by atoms with van der Waals surface area (Å²) in [6.45, 7) is 3.68. The van der Waals surface area contributed by atoms with Crippen molar-refractivity contribution < 1.29 is 0 Å². The summed E-state index contributed by atoms with van der Waals surface area (Å²) in [5.41, 5.74) is 0. The summed E-state index contributed by atoms with van der Waals surface area (Å²) in [5.74, 6) is 0. The molecule has 0 aliphatic rings. The fourth-order valence-electron chi connectivity index (χ4n) is 0.561. The highest BCUT2D eigenvalue weighted by atomic mass is 127. The van der Waals surface area contributed by atoms with E-state index in [1.807, 2.05) is 6.08 Å². The minimum atomic E-state index is 0.864. The van der Waals surface area contributed by atoms with E-state index in [-0.39, 0.29) is 0 Å². The number of hydrogen-bond donors (Lipinski definition) is 0. The number of unbranched alkanes of at least 4 members (excludes halogenated alkanes) is 1. The van der Waals surface area contributed by atoms with Gasteiger partial charge < -0.3 is 0 Å². The summed E-state index contributed by atoms with van der Waals surface area (Å²) in [7, 11) is 0. The van der Waals surface area contributed by atoms with Crippen LogP contribution in [0.1, 0.15) is 19.3 Å². The molecule has 0 fully saturated rings. The van der Waals surface area contributed by atoms with Gasteiger partial charge in [-0.25, -0.2) is 0 Å². The Bertz CT molecular complexity index is 71.3. The van der Waals surface area contributed by atoms with Crippen molar-refractivity contribution >= 4 is 45.2 Å². The molecule has 0 saturated heterocycles. The van der Waals surface area contributed by atoms with E-state index in [1.54, 1.807) is 0 Å². The summed E-state index contributed by atoms with van der Waals surface area (Å²) in [6.07, 6.45) is 5.82. The highest BCUT2D eigenvalue weighted by Gasteiger charge is 1.98. The van der Waals surface area contributed by atoms with Crippen LogP contribution in [-0.4, -0.2) is 8.35 Å². The van der Waals surface area contributed by atoms with Crippen LogP contribution in [-0.2, 0) is 0 Å². The number of alkyl halides is 2. The fraction of sp³-hybridized carbons (Fsp3) is 0.714. The molecule has 54 valence electrons. The second kappa shape index (κ2) is 7.31. The predicted molar refractivity (Wildman–Crippen MR) is 60.7 cm³/mol. The van der Waals surface area contributed by atoms with Crippen LogP contribution in [0.3, 0.4) is 0 Å². The van der Waals surface area contributed by atoms with Gasteiger partial charge in [-0.1, -0.05) is 51.3 Å². The molecule has 0 nitrogen and oxygen atoms in total. The van der Waals surface area contributed by atoms with Crippen molar-refractivity contribution in [3.8, 4) is 0 Å². The van der Waals surface area contributed by atoms with E-state index in [0.29, 0.717) is 0 Å². The van der Waals surface area contributed by atoms with Crippen molar-refractivity contribution in [3.63, 3.8) is 0 Å². The van der Waals surface area contributed by atoms with Crippen molar-refractivity contribution in [2.45, 2.75) is 23.2 Å². The van der Waals surface area contributed by atoms with Gasteiger partial charge in [-0.3, -0.25) is 0 Å². The summed E-state index contributed by atoms with van der Waals surface area (Å²) < 4.78 is 2.14. The number of allylic oxidation sites excluding steroid dienone is 1. The van der Waals surface area contributed by atoms with Gasteiger partial charge in [0.1, 0.15) is 0 Å². The van der Waals surface area contributed by atoms with E-state index in [0.717, 1.165) is 3.92 Å². The molecule has 0 heterocycles. The molecule has 9 heavy (non-hydrogen) atoms. The lowest BCUT2D eigenvalue weighted by Crippen LogP contribution is -1.96. The Morgan fingerprint density at radius 2 is 2.22 bits per heavy atom. The van der Waals surface area contributed by atoms with Gasteiger partial charge in [-0.15, -0.1) is 6.58 Å². The minimum Gasteiger partial charge on any atom is -0.103 e. The molecule has 0 N–H and O–H groups in total. The second-order valence-corrected chi connectivity index (χ2v) is 4.61. The summed E-state index contributed by atoms with van der Waals surface area (Å²) in [6, 6.07) is 0. The summed E-state index contributed by atoms with van der Waals surface area (Å²) in [4.78, 5) is 0. The van der Waals surface area contributed by atoms with E-state index in [2.05, 4.69) is 51.8 Å². The van der Waals surface area contributed by atoms with Gasteiger partial charge in [0.05, 0.1) is 0 Å². The van der Waals surface area contributed by atoms with Crippen molar-refractivity contribution in [1.29, 1.82) is 0 Å². The monoisotopic (exact) mass is 350 g/mol. The van der Waals surface area contributed by atoms with Crippen LogP contribution in [0.5, 0.6) is 0 Å². The van der Waals surface area contributed by atoms with Crippen LogP contribution in [0.25, 0.3) is 0 Å². The van der Waals surface area contributed by atoms with Crippen LogP contribution in [0, 0.1) is 0 Å². The quantitative estimate of drug-likeness (QED) is 0.308. The predicted octanol–water partition coefficient (Wildman–Crippen LogP) is 3.58. The van der Waals surface area contributed by atoms with Gasteiger partial charge in [-0.05, 0) is 19.3 Å². The third-order valence-electron chi connectivity index (χ3n) is 1.09. The first-order valence-electron chi connectivity index (χ1n) is 3.12. The van der Waals surface area contributed by atoms with E-state index in [1.165, 1.54) is 23.7 Å². The zero-order chi connectivity index (χ0) is 7.11. The van der Waals surface area contributed by atoms with E-state index in [4.69, 9.17) is 0 Å². The minimum absolute atomic E-state index is 0.864. The molecule has 0 aromatic carbocycles. The van der Waals surface area contributed by atoms with Crippen LogP contribution < -0.4 is 0 Å². The Morgan fingerprint density at radius 1 is 1.56 bits per heavy atom. The first kappa shape index (κ1) is 10.2. The third kappa shape index (κ3) is 7.09. The second-order valence-electron chi connectivity index (χ2n) is 1.97. The SMILES string of the molecule is C=CCCCC(I)CI. The van der Waals surface area contributed by atoms with Gasteiger partial charge in [0.15, 0.2) is 0 Å². The normalized spacial score (nSPS) is 13.1. The molecule has 0 aromatic heterocycles. The van der Waals surface area contributed by atoms with Crippen molar-refractivity contribution in [3.05, 3.63) is 12.7 Å². The molecule has 0 aliphatic heterocycles. The van der Waals surface area contributed by atoms with Crippen molar-refractivity contribution in [2.24, 2.45) is 0 Å². The Labute approximate surface area is 84.8 Å². The molecule has 1 unspecified atom stereocenters. The van der Waals surface area contributed by atoms with Crippen molar-refractivity contribution in [1.82, 2.24) is 0 Å². The molecule has 0 amide bonds. The lowest BCUT2D eigenvalue weighted by molar-refractivity contribution is 0.767. The van der Waals surface area contributed by atoms with E-state index < -0.39 is 0 Å². The molecule has 2 heteroatoms. The molecule has 0 bridgehead atoms. The van der Waals surface area contributed by atoms with E-state index >= 15 is 0 Å². The third-order valence-corrected chi connectivity index (χ3v) is 4.90. The first-order chi connectivity index (χ1) is 4.31. The van der Waals surface area contributed by atoms with Crippen LogP contribution in [0.15, 0.2) is 12.7 Å². The zero-order valence-corrected chi connectivity index (χ0v) is 9.76. The number of rotatable bonds is 5. The topological polar surface area (TPSA) is 0 Å². The van der Waals surface area contributed by atoms with Gasteiger partial charge in [0.25, 0.3) is 0 Å². The van der Waals surface area contributed by atoms with Crippen LogP contribution >= 0.6 is 45.2 Å². The van der Waals surface area contributed by atoms with Gasteiger partial charge >= 0.3 is 0 Å². The highest BCUT2D eigenvalue weighted by Crippen LogP contribution is 2.12. The molecule has 1 atom stereocenters. The summed E-state index contributed by atoms with van der Waals surface area (Å²) >= 11 is 4.94. The molecule has 0 saturated carbocycles.